The Morgan fingerprint density at radius 2 is 1.55 bits per heavy atom. The van der Waals surface area contributed by atoms with E-state index in [1.54, 1.807) is 52.0 Å². The summed E-state index contributed by atoms with van der Waals surface area (Å²) in [5, 5.41) is 11.7. The van der Waals surface area contributed by atoms with Gasteiger partial charge in [-0.2, -0.15) is 0 Å². The first-order valence-electron chi connectivity index (χ1n) is 8.61. The number of methoxy groups -OCH3 is 1. The maximum Gasteiger partial charge on any atom is 0.410 e. The highest BCUT2D eigenvalue weighted by atomic mass is 35.6. The number of aliphatic hydroxyl groups excluding tert-OH is 1. The van der Waals surface area contributed by atoms with Crippen LogP contribution in [-0.2, 0) is 18.3 Å². The van der Waals surface area contributed by atoms with Crippen LogP contribution in [0.4, 0.5) is 4.79 Å². The molecular formula is C17H25Cl3NO7P. The smallest absolute Gasteiger partial charge is 0.410 e. The van der Waals surface area contributed by atoms with E-state index in [0.29, 0.717) is 11.3 Å². The minimum atomic E-state index is -4.03. The highest BCUT2D eigenvalue weighted by Gasteiger charge is 2.43. The number of carbonyl (C=O) groups is 1. The second-order valence-electron chi connectivity index (χ2n) is 6.47. The summed E-state index contributed by atoms with van der Waals surface area (Å²) in [6.07, 6.45) is -4.06. The quantitative estimate of drug-likeness (QED) is 0.279. The van der Waals surface area contributed by atoms with Crippen molar-refractivity contribution >= 4 is 48.5 Å². The molecule has 0 aromatic heterocycles. The van der Waals surface area contributed by atoms with Gasteiger partial charge in [0, 0.05) is 5.56 Å². The van der Waals surface area contributed by atoms with Crippen LogP contribution >= 0.6 is 42.4 Å². The number of hydrogen-bond acceptors (Lipinski definition) is 7. The molecule has 12 heteroatoms. The lowest BCUT2D eigenvalue weighted by atomic mass is 10.2. The van der Waals surface area contributed by atoms with Crippen molar-refractivity contribution in [3.05, 3.63) is 29.8 Å². The number of ether oxygens (including phenoxy) is 2. The predicted molar refractivity (Wildman–Crippen MR) is 112 cm³/mol. The number of aliphatic hydroxyl groups is 1. The molecule has 0 heterocycles. The first-order chi connectivity index (χ1) is 13.3. The first-order valence-corrected chi connectivity index (χ1v) is 11.4. The Kier molecular flexibility index (Phi) is 10.0. The number of halogens is 3. The summed E-state index contributed by atoms with van der Waals surface area (Å²) in [5.41, 5.74) is 0.314. The molecule has 29 heavy (non-hydrogen) atoms. The van der Waals surface area contributed by atoms with Gasteiger partial charge in [-0.3, -0.25) is 9.88 Å². The Morgan fingerprint density at radius 3 is 1.93 bits per heavy atom. The third-order valence-electron chi connectivity index (χ3n) is 3.19. The van der Waals surface area contributed by atoms with Crippen molar-refractivity contribution in [3.8, 4) is 5.75 Å². The number of hydrogen-bond donors (Lipinski definition) is 2. The van der Waals surface area contributed by atoms with E-state index in [9.17, 15) is 14.5 Å². The second kappa shape index (κ2) is 11.0. The lowest BCUT2D eigenvalue weighted by Crippen LogP contribution is -2.44. The molecule has 0 unspecified atom stereocenters. The first kappa shape index (κ1) is 26.3. The van der Waals surface area contributed by atoms with Crippen LogP contribution in [0.25, 0.3) is 0 Å². The number of carbonyl (C=O) groups excluding carboxylic acids is 1. The Hall–Kier alpha value is -0.730. The van der Waals surface area contributed by atoms with Crippen LogP contribution in [0.2, 0.25) is 0 Å². The third-order valence-corrected chi connectivity index (χ3v) is 6.22. The number of amides is 1. The zero-order valence-electron chi connectivity index (χ0n) is 16.6. The average molecular weight is 493 g/mol. The largest absolute Gasteiger partial charge is 0.497 e. The van der Waals surface area contributed by atoms with Crippen molar-refractivity contribution in [2.24, 2.45) is 0 Å². The van der Waals surface area contributed by atoms with Crippen LogP contribution in [0.3, 0.4) is 0 Å². The van der Waals surface area contributed by atoms with Gasteiger partial charge in [-0.25, -0.2) is 4.79 Å². The van der Waals surface area contributed by atoms with Gasteiger partial charge < -0.3 is 23.6 Å². The van der Waals surface area contributed by atoms with Gasteiger partial charge in [-0.05, 0) is 39.8 Å². The lowest BCUT2D eigenvalue weighted by Gasteiger charge is -2.30. The van der Waals surface area contributed by atoms with Crippen molar-refractivity contribution < 1.29 is 33.0 Å². The fraction of sp³-hybridized carbons (Fsp3) is 0.588. The molecule has 1 aromatic carbocycles. The van der Waals surface area contributed by atoms with Gasteiger partial charge in [0.25, 0.3) is 0 Å². The van der Waals surface area contributed by atoms with E-state index in [-0.39, 0.29) is 0 Å². The molecule has 166 valence electrons. The molecule has 0 saturated heterocycles. The molecular weight excluding hydrogens is 468 g/mol. The molecule has 0 radical (unpaired) electrons. The Balaban J connectivity index is 3.28. The van der Waals surface area contributed by atoms with Crippen LogP contribution in [-0.4, -0.2) is 40.5 Å². The van der Waals surface area contributed by atoms with Gasteiger partial charge in [-0.1, -0.05) is 46.9 Å². The summed E-state index contributed by atoms with van der Waals surface area (Å²) in [6.45, 7) is 6.64. The van der Waals surface area contributed by atoms with E-state index in [2.05, 4.69) is 0 Å². The maximum atomic E-state index is 13.6. The minimum absolute atomic E-state index is 0.314. The Morgan fingerprint density at radius 1 is 1.07 bits per heavy atom. The van der Waals surface area contributed by atoms with E-state index in [1.165, 1.54) is 7.11 Å². The summed E-state index contributed by atoms with van der Waals surface area (Å²) in [4.78, 5) is 12.3. The van der Waals surface area contributed by atoms with E-state index in [4.69, 9.17) is 53.3 Å². The number of alkyl carbamates (subject to hydrolysis) is 1. The maximum absolute atomic E-state index is 13.6. The summed E-state index contributed by atoms with van der Waals surface area (Å²) in [5.74, 6) is -0.922. The molecule has 8 nitrogen and oxygen atoms in total. The lowest BCUT2D eigenvalue weighted by molar-refractivity contribution is 0.0640. The fourth-order valence-corrected chi connectivity index (χ4v) is 4.51. The molecule has 2 N–H and O–H groups in total. The van der Waals surface area contributed by atoms with Gasteiger partial charge in [0.05, 0.1) is 19.3 Å². The van der Waals surface area contributed by atoms with Crippen LogP contribution in [0.15, 0.2) is 24.3 Å². The van der Waals surface area contributed by atoms with Gasteiger partial charge >= 0.3 is 13.7 Å². The normalized spacial score (nSPS) is 14.6. The number of nitrogens with one attached hydrogen (secondary N) is 1. The van der Waals surface area contributed by atoms with Gasteiger partial charge in [-0.15, -0.1) is 0 Å². The molecule has 1 rings (SSSR count). The zero-order valence-corrected chi connectivity index (χ0v) is 19.8. The molecule has 0 aliphatic rings. The van der Waals surface area contributed by atoms with Gasteiger partial charge in [0.15, 0.2) is 6.23 Å². The number of benzene rings is 1. The monoisotopic (exact) mass is 491 g/mol. The molecule has 0 bridgehead atoms. The summed E-state index contributed by atoms with van der Waals surface area (Å²) < 4.78 is 32.9. The minimum Gasteiger partial charge on any atom is -0.497 e. The summed E-state index contributed by atoms with van der Waals surface area (Å²) in [7, 11) is -2.54. The van der Waals surface area contributed by atoms with Crippen molar-refractivity contribution in [2.75, 3.05) is 7.11 Å². The summed E-state index contributed by atoms with van der Waals surface area (Å²) >= 11 is 16.6. The van der Waals surface area contributed by atoms with E-state index < -0.39 is 41.8 Å². The predicted octanol–water partition coefficient (Wildman–Crippen LogP) is 5.15. The van der Waals surface area contributed by atoms with Gasteiger partial charge in [0.2, 0.25) is 9.64 Å². The van der Waals surface area contributed by atoms with Crippen LogP contribution in [0, 0.1) is 0 Å². The SMILES string of the molecule is COc1ccc([C@H](OC(=O)N[C@@H](O)C(Cl)(Cl)Cl)P(=O)(OC(C)C)OC(C)C)cc1. The molecule has 0 aliphatic heterocycles. The van der Waals surface area contributed by atoms with Crippen LogP contribution in [0.5, 0.6) is 5.75 Å². The molecule has 2 atom stereocenters. The molecule has 0 saturated carbocycles. The van der Waals surface area contributed by atoms with Crippen LogP contribution in [0.1, 0.15) is 39.1 Å². The highest BCUT2D eigenvalue weighted by Crippen LogP contribution is 2.63. The molecule has 1 amide bonds. The molecule has 0 fully saturated rings. The topological polar surface area (TPSA) is 103 Å². The highest BCUT2D eigenvalue weighted by molar-refractivity contribution is 7.54. The molecule has 0 spiro atoms. The number of alkyl halides is 3. The van der Waals surface area contributed by atoms with Crippen molar-refractivity contribution in [1.29, 1.82) is 0 Å². The second-order valence-corrected chi connectivity index (χ2v) is 10.8. The molecule has 0 aliphatic carbocycles. The van der Waals surface area contributed by atoms with Crippen LogP contribution < -0.4 is 10.1 Å². The van der Waals surface area contributed by atoms with E-state index in [1.807, 2.05) is 5.32 Å². The third kappa shape index (κ3) is 8.50. The molecule has 1 aromatic rings. The number of rotatable bonds is 9. The van der Waals surface area contributed by atoms with E-state index >= 15 is 0 Å². The standard InChI is InChI=1S/C17H25Cl3NO7P/c1-10(2)27-29(24,28-11(3)4)14(12-6-8-13(25-5)9-7-12)26-16(23)21-15(22)17(18,19)20/h6-11,14-15,22H,1-5H3,(H,21,23)/t14-,15+/m1/s1. The van der Waals surface area contributed by atoms with Gasteiger partial charge in [0.1, 0.15) is 5.75 Å². The fourth-order valence-electron chi connectivity index (χ4n) is 2.14. The Bertz CT molecular complexity index is 696. The summed E-state index contributed by atoms with van der Waals surface area (Å²) in [6, 6.07) is 6.27. The average Bonchev–Trinajstić information content (AvgIpc) is 2.57. The Labute approximate surface area is 185 Å². The van der Waals surface area contributed by atoms with Crippen molar-refractivity contribution in [1.82, 2.24) is 5.32 Å². The van der Waals surface area contributed by atoms with Crippen molar-refractivity contribution in [2.45, 2.75) is 55.8 Å². The van der Waals surface area contributed by atoms with E-state index in [0.717, 1.165) is 0 Å². The zero-order chi connectivity index (χ0) is 22.4. The van der Waals surface area contributed by atoms with Crippen molar-refractivity contribution in [3.63, 3.8) is 0 Å².